The highest BCUT2D eigenvalue weighted by Gasteiger charge is 2.00. The fourth-order valence-electron chi connectivity index (χ4n) is 5.71. The van der Waals surface area contributed by atoms with Crippen molar-refractivity contribution in [1.29, 1.82) is 0 Å². The average Bonchev–Trinajstić information content (AvgIpc) is 3.02. The Hall–Kier alpha value is -1.30. The van der Waals surface area contributed by atoms with E-state index >= 15 is 0 Å². The van der Waals surface area contributed by atoms with Crippen LogP contribution in [0.25, 0.3) is 0 Å². The van der Waals surface area contributed by atoms with Crippen LogP contribution in [0.5, 0.6) is 0 Å². The van der Waals surface area contributed by atoms with Gasteiger partial charge in [-0.05, 0) is 103 Å². The standard InChI is InChI=1S/C43H78/c1-4-7-10-13-15-17-19-21-23-25-27-29-31-33-35-38-41-43(40-37-12-9-6-3)42-39-36-34-32-30-28-26-24-22-20-18-16-14-11-8-5-2/h15-18,21-24,40H,4-14,19-20,25-39,41-42H2,1-3H3/b17-15-,18-16?,23-21-,24-22?,43-40?. The number of allylic oxidation sites excluding steroid dienone is 10. The quantitative estimate of drug-likeness (QED) is 0.0513. The van der Waals surface area contributed by atoms with E-state index in [1.807, 2.05) is 0 Å². The minimum absolute atomic E-state index is 1.12. The molecule has 0 aliphatic rings. The van der Waals surface area contributed by atoms with Crippen molar-refractivity contribution in [1.82, 2.24) is 0 Å². The van der Waals surface area contributed by atoms with Crippen LogP contribution in [0.2, 0.25) is 0 Å². The largest absolute Gasteiger partial charge is 0.0882 e. The summed E-state index contributed by atoms with van der Waals surface area (Å²) < 4.78 is 0. The SMILES string of the molecule is CCCCCC=CCC=CCCCCCCCCC(=CCCCCC)CCCCCCCC/C=C\C/C=C\CCCCC. The normalized spacial score (nSPS) is 12.8. The van der Waals surface area contributed by atoms with E-state index in [4.69, 9.17) is 0 Å². The molecule has 0 fully saturated rings. The molecule has 0 rings (SSSR count). The molecule has 0 aromatic carbocycles. The summed E-state index contributed by atoms with van der Waals surface area (Å²) in [5.41, 5.74) is 1.78. The lowest BCUT2D eigenvalue weighted by Gasteiger charge is -2.09. The van der Waals surface area contributed by atoms with Gasteiger partial charge in [-0.15, -0.1) is 0 Å². The Morgan fingerprint density at radius 3 is 0.977 bits per heavy atom. The van der Waals surface area contributed by atoms with Crippen LogP contribution in [0, 0.1) is 0 Å². The molecule has 0 saturated carbocycles. The third kappa shape index (κ3) is 36.8. The second-order valence-electron chi connectivity index (χ2n) is 13.0. The molecule has 250 valence electrons. The monoisotopic (exact) mass is 595 g/mol. The smallest absolute Gasteiger partial charge is 0.0169 e. The molecule has 0 aliphatic carbocycles. The van der Waals surface area contributed by atoms with Gasteiger partial charge in [-0.2, -0.15) is 0 Å². The summed E-state index contributed by atoms with van der Waals surface area (Å²) in [7, 11) is 0. The van der Waals surface area contributed by atoms with Gasteiger partial charge in [0.05, 0.1) is 0 Å². The Morgan fingerprint density at radius 1 is 0.302 bits per heavy atom. The van der Waals surface area contributed by atoms with E-state index in [-0.39, 0.29) is 0 Å². The molecule has 43 heavy (non-hydrogen) atoms. The summed E-state index contributed by atoms with van der Waals surface area (Å²) in [5, 5.41) is 0. The number of rotatable bonds is 34. The molecule has 0 radical (unpaired) electrons. The van der Waals surface area contributed by atoms with Crippen molar-refractivity contribution in [2.75, 3.05) is 0 Å². The Balaban J connectivity index is 3.80. The fraction of sp³-hybridized carbons (Fsp3) is 0.767. The van der Waals surface area contributed by atoms with E-state index in [1.165, 1.54) is 180 Å². The van der Waals surface area contributed by atoms with E-state index in [2.05, 4.69) is 75.5 Å². The van der Waals surface area contributed by atoms with E-state index in [9.17, 15) is 0 Å². The number of hydrogen-bond donors (Lipinski definition) is 0. The van der Waals surface area contributed by atoms with Crippen LogP contribution in [-0.4, -0.2) is 0 Å². The van der Waals surface area contributed by atoms with Crippen LogP contribution >= 0.6 is 0 Å². The van der Waals surface area contributed by atoms with Gasteiger partial charge in [-0.3, -0.25) is 0 Å². The summed E-state index contributed by atoms with van der Waals surface area (Å²) in [6, 6.07) is 0. The highest BCUT2D eigenvalue weighted by Crippen LogP contribution is 2.20. The maximum Gasteiger partial charge on any atom is -0.0169 e. The first-order chi connectivity index (χ1) is 21.3. The molecule has 0 atom stereocenters. The van der Waals surface area contributed by atoms with Gasteiger partial charge in [-0.25, -0.2) is 0 Å². The van der Waals surface area contributed by atoms with Crippen LogP contribution in [0.1, 0.15) is 213 Å². The predicted octanol–water partition coefficient (Wildman–Crippen LogP) is 15.9. The van der Waals surface area contributed by atoms with Gasteiger partial charge in [0.15, 0.2) is 0 Å². The van der Waals surface area contributed by atoms with Crippen LogP contribution in [0.4, 0.5) is 0 Å². The van der Waals surface area contributed by atoms with Gasteiger partial charge in [0.2, 0.25) is 0 Å². The van der Waals surface area contributed by atoms with Crippen molar-refractivity contribution in [3.63, 3.8) is 0 Å². The Morgan fingerprint density at radius 2 is 0.605 bits per heavy atom. The molecule has 0 heterocycles. The zero-order valence-electron chi connectivity index (χ0n) is 29.9. The molecule has 0 saturated heterocycles. The van der Waals surface area contributed by atoms with Crippen molar-refractivity contribution in [3.8, 4) is 0 Å². The van der Waals surface area contributed by atoms with Crippen molar-refractivity contribution in [3.05, 3.63) is 60.3 Å². The van der Waals surface area contributed by atoms with Gasteiger partial charge in [0.25, 0.3) is 0 Å². The van der Waals surface area contributed by atoms with Gasteiger partial charge in [-0.1, -0.05) is 171 Å². The maximum absolute atomic E-state index is 2.63. The second kappa shape index (κ2) is 38.7. The molecule has 0 spiro atoms. The molecule has 0 N–H and O–H groups in total. The molecular weight excluding hydrogens is 516 g/mol. The van der Waals surface area contributed by atoms with E-state index < -0.39 is 0 Å². The van der Waals surface area contributed by atoms with Gasteiger partial charge >= 0.3 is 0 Å². The molecule has 0 bridgehead atoms. The maximum atomic E-state index is 2.63. The summed E-state index contributed by atoms with van der Waals surface area (Å²) in [5.74, 6) is 0. The zero-order valence-corrected chi connectivity index (χ0v) is 29.9. The second-order valence-corrected chi connectivity index (χ2v) is 13.0. The highest BCUT2D eigenvalue weighted by molar-refractivity contribution is 5.02. The number of hydrogen-bond acceptors (Lipinski definition) is 0. The van der Waals surface area contributed by atoms with Crippen LogP contribution in [-0.2, 0) is 0 Å². The molecule has 0 aromatic heterocycles. The van der Waals surface area contributed by atoms with Gasteiger partial charge in [0.1, 0.15) is 0 Å². The Labute approximate surface area is 273 Å². The molecule has 0 amide bonds. The average molecular weight is 595 g/mol. The van der Waals surface area contributed by atoms with Gasteiger partial charge < -0.3 is 0 Å². The van der Waals surface area contributed by atoms with Crippen LogP contribution in [0.3, 0.4) is 0 Å². The Kier molecular flexibility index (Phi) is 37.6. The summed E-state index contributed by atoms with van der Waals surface area (Å²) in [6.45, 7) is 6.87. The van der Waals surface area contributed by atoms with Gasteiger partial charge in [0, 0.05) is 0 Å². The lowest BCUT2D eigenvalue weighted by molar-refractivity contribution is 0.574. The first kappa shape index (κ1) is 41.7. The molecular formula is C43H78. The summed E-state index contributed by atoms with van der Waals surface area (Å²) in [6.07, 6.45) is 62.0. The first-order valence-corrected chi connectivity index (χ1v) is 19.6. The molecule has 0 nitrogen and oxygen atoms in total. The predicted molar refractivity (Wildman–Crippen MR) is 200 cm³/mol. The third-order valence-corrected chi connectivity index (χ3v) is 8.64. The summed E-state index contributed by atoms with van der Waals surface area (Å²) >= 11 is 0. The molecule has 0 heteroatoms. The van der Waals surface area contributed by atoms with Crippen LogP contribution < -0.4 is 0 Å². The van der Waals surface area contributed by atoms with Crippen LogP contribution in [0.15, 0.2) is 60.3 Å². The minimum Gasteiger partial charge on any atom is -0.0882 e. The minimum atomic E-state index is 1.12. The van der Waals surface area contributed by atoms with Crippen molar-refractivity contribution >= 4 is 0 Å². The highest BCUT2D eigenvalue weighted by atomic mass is 14.1. The Bertz CT molecular complexity index is 608. The first-order valence-electron chi connectivity index (χ1n) is 19.6. The van der Waals surface area contributed by atoms with E-state index in [0.29, 0.717) is 0 Å². The lowest BCUT2D eigenvalue weighted by atomic mass is 9.98. The van der Waals surface area contributed by atoms with Crippen molar-refractivity contribution in [2.45, 2.75) is 213 Å². The fourth-order valence-corrected chi connectivity index (χ4v) is 5.71. The molecule has 0 aromatic rings. The van der Waals surface area contributed by atoms with Crippen molar-refractivity contribution in [2.24, 2.45) is 0 Å². The number of unbranched alkanes of at least 4 members (excludes halogenated alkanes) is 21. The topological polar surface area (TPSA) is 0 Å². The van der Waals surface area contributed by atoms with E-state index in [0.717, 1.165) is 12.8 Å². The third-order valence-electron chi connectivity index (χ3n) is 8.64. The lowest BCUT2D eigenvalue weighted by Crippen LogP contribution is -1.89. The van der Waals surface area contributed by atoms with Crippen molar-refractivity contribution < 1.29 is 0 Å². The summed E-state index contributed by atoms with van der Waals surface area (Å²) in [4.78, 5) is 0. The van der Waals surface area contributed by atoms with E-state index in [1.54, 1.807) is 5.57 Å². The zero-order chi connectivity index (χ0) is 31.2. The molecule has 0 aliphatic heterocycles. The molecule has 0 unspecified atom stereocenters.